The minimum atomic E-state index is -0.337. The summed E-state index contributed by atoms with van der Waals surface area (Å²) in [6.07, 6.45) is 3.00. The van der Waals surface area contributed by atoms with Crippen LogP contribution in [-0.2, 0) is 13.6 Å². The number of rotatable bonds is 4. The van der Waals surface area contributed by atoms with Crippen LogP contribution in [0.2, 0.25) is 5.02 Å². The standard InChI is InChI=1S/C20H17ClFN7O2/c1-27-8-23-19-17(27)20(30)29(9-24-19)7-15-25-18(26-31-15)16-13-5-28(6-14(13)16)12-3-10(21)2-11(22)4-12/h2-4,8-9,13-14,16H,5-7H2,1H3/t13-,14+,16?. The molecule has 1 aliphatic carbocycles. The van der Waals surface area contributed by atoms with Crippen molar-refractivity contribution in [2.75, 3.05) is 18.0 Å². The molecule has 31 heavy (non-hydrogen) atoms. The van der Waals surface area contributed by atoms with Crippen molar-refractivity contribution in [2.45, 2.75) is 12.5 Å². The van der Waals surface area contributed by atoms with E-state index in [4.69, 9.17) is 16.1 Å². The Morgan fingerprint density at radius 1 is 1.19 bits per heavy atom. The zero-order valence-electron chi connectivity index (χ0n) is 16.4. The smallest absolute Gasteiger partial charge is 0.280 e. The molecule has 6 rings (SSSR count). The first kappa shape index (κ1) is 18.5. The number of aromatic nitrogens is 6. The Kier molecular flexibility index (Phi) is 3.95. The molecule has 0 spiro atoms. The number of halogens is 2. The predicted molar refractivity (Wildman–Crippen MR) is 110 cm³/mol. The molecule has 2 aliphatic rings. The monoisotopic (exact) mass is 441 g/mol. The van der Waals surface area contributed by atoms with Gasteiger partial charge in [-0.25, -0.2) is 14.4 Å². The maximum atomic E-state index is 13.7. The highest BCUT2D eigenvalue weighted by molar-refractivity contribution is 6.30. The van der Waals surface area contributed by atoms with Gasteiger partial charge in [0.25, 0.3) is 5.56 Å². The summed E-state index contributed by atoms with van der Waals surface area (Å²) in [7, 11) is 1.75. The summed E-state index contributed by atoms with van der Waals surface area (Å²) in [5.41, 5.74) is 1.42. The maximum absolute atomic E-state index is 13.7. The number of aryl methyl sites for hydroxylation is 1. The average molecular weight is 442 g/mol. The predicted octanol–water partition coefficient (Wildman–Crippen LogP) is 2.20. The lowest BCUT2D eigenvalue weighted by atomic mass is 10.2. The van der Waals surface area contributed by atoms with E-state index in [1.165, 1.54) is 23.0 Å². The van der Waals surface area contributed by atoms with Crippen LogP contribution in [0.4, 0.5) is 10.1 Å². The molecule has 2 fully saturated rings. The van der Waals surface area contributed by atoms with Gasteiger partial charge in [-0.05, 0) is 30.0 Å². The first-order valence-electron chi connectivity index (χ1n) is 9.88. The van der Waals surface area contributed by atoms with Crippen LogP contribution in [0.5, 0.6) is 0 Å². The third-order valence-electron chi connectivity index (χ3n) is 6.19. The quantitative estimate of drug-likeness (QED) is 0.479. The fraction of sp³-hybridized carbons (Fsp3) is 0.350. The van der Waals surface area contributed by atoms with Crippen molar-refractivity contribution < 1.29 is 8.91 Å². The summed E-state index contributed by atoms with van der Waals surface area (Å²) in [5.74, 6) is 1.68. The molecule has 3 aromatic heterocycles. The summed E-state index contributed by atoms with van der Waals surface area (Å²) in [4.78, 5) is 27.6. The van der Waals surface area contributed by atoms with Crippen LogP contribution in [-0.4, -0.2) is 42.3 Å². The lowest BCUT2D eigenvalue weighted by Gasteiger charge is -2.21. The molecule has 4 aromatic rings. The molecule has 0 bridgehead atoms. The average Bonchev–Trinajstić information content (AvgIpc) is 3.15. The van der Waals surface area contributed by atoms with Crippen molar-refractivity contribution in [3.05, 3.63) is 63.8 Å². The molecule has 3 atom stereocenters. The van der Waals surface area contributed by atoms with E-state index in [0.717, 1.165) is 18.8 Å². The zero-order valence-corrected chi connectivity index (χ0v) is 17.2. The van der Waals surface area contributed by atoms with Gasteiger partial charge in [-0.1, -0.05) is 16.8 Å². The minimum Gasteiger partial charge on any atom is -0.371 e. The highest BCUT2D eigenvalue weighted by atomic mass is 35.5. The molecule has 1 unspecified atom stereocenters. The van der Waals surface area contributed by atoms with Crippen LogP contribution < -0.4 is 10.5 Å². The van der Waals surface area contributed by atoms with Crippen LogP contribution in [0.25, 0.3) is 11.2 Å². The van der Waals surface area contributed by atoms with Crippen LogP contribution in [0, 0.1) is 17.7 Å². The van der Waals surface area contributed by atoms with Gasteiger partial charge in [0.1, 0.15) is 18.7 Å². The summed E-state index contributed by atoms with van der Waals surface area (Å²) < 4.78 is 22.1. The number of nitrogens with zero attached hydrogens (tertiary/aromatic N) is 7. The van der Waals surface area contributed by atoms with Gasteiger partial charge < -0.3 is 14.0 Å². The van der Waals surface area contributed by atoms with E-state index in [1.54, 1.807) is 24.0 Å². The first-order valence-corrected chi connectivity index (χ1v) is 10.3. The Morgan fingerprint density at radius 3 is 2.74 bits per heavy atom. The van der Waals surface area contributed by atoms with Crippen molar-refractivity contribution >= 4 is 28.5 Å². The number of hydrogen-bond acceptors (Lipinski definition) is 7. The number of fused-ring (bicyclic) bond motifs is 2. The van der Waals surface area contributed by atoms with E-state index in [2.05, 4.69) is 25.0 Å². The van der Waals surface area contributed by atoms with Gasteiger partial charge in [-0.2, -0.15) is 4.98 Å². The summed E-state index contributed by atoms with van der Waals surface area (Å²) in [6, 6.07) is 4.59. The van der Waals surface area contributed by atoms with Gasteiger partial charge in [-0.15, -0.1) is 0 Å². The second-order valence-electron chi connectivity index (χ2n) is 8.14. The Balaban J connectivity index is 1.17. The van der Waals surface area contributed by atoms with Crippen LogP contribution in [0.1, 0.15) is 17.6 Å². The normalized spacial score (nSPS) is 22.3. The van der Waals surface area contributed by atoms with E-state index < -0.39 is 0 Å². The molecule has 1 aliphatic heterocycles. The maximum Gasteiger partial charge on any atom is 0.280 e. The topological polar surface area (TPSA) is 94.9 Å². The third kappa shape index (κ3) is 3.01. The molecular formula is C20H17ClFN7O2. The molecule has 0 radical (unpaired) electrons. The Morgan fingerprint density at radius 2 is 1.97 bits per heavy atom. The number of piperidine rings is 1. The van der Waals surface area contributed by atoms with E-state index in [-0.39, 0.29) is 23.8 Å². The van der Waals surface area contributed by atoms with Crippen molar-refractivity contribution in [3.63, 3.8) is 0 Å². The fourth-order valence-electron chi connectivity index (χ4n) is 4.64. The van der Waals surface area contributed by atoms with Gasteiger partial charge in [0.05, 0.1) is 6.33 Å². The summed E-state index contributed by atoms with van der Waals surface area (Å²) in [5, 5.41) is 4.54. The van der Waals surface area contributed by atoms with E-state index in [0.29, 0.717) is 39.7 Å². The Labute approximate surface area is 180 Å². The molecule has 11 heteroatoms. The Bertz CT molecular complexity index is 1350. The van der Waals surface area contributed by atoms with Crippen LogP contribution in [0.3, 0.4) is 0 Å². The van der Waals surface area contributed by atoms with E-state index in [9.17, 15) is 9.18 Å². The molecule has 1 saturated heterocycles. The van der Waals surface area contributed by atoms with Crippen molar-refractivity contribution in [1.82, 2.24) is 29.2 Å². The van der Waals surface area contributed by atoms with Crippen LogP contribution >= 0.6 is 11.6 Å². The molecule has 0 N–H and O–H groups in total. The number of imidazole rings is 1. The summed E-state index contributed by atoms with van der Waals surface area (Å²) in [6.45, 7) is 1.73. The summed E-state index contributed by atoms with van der Waals surface area (Å²) >= 11 is 5.98. The minimum absolute atomic E-state index is 0.149. The lowest BCUT2D eigenvalue weighted by Crippen LogP contribution is -2.24. The lowest BCUT2D eigenvalue weighted by molar-refractivity contribution is 0.363. The largest absolute Gasteiger partial charge is 0.371 e. The van der Waals surface area contributed by atoms with Gasteiger partial charge in [0.2, 0.25) is 5.89 Å². The van der Waals surface area contributed by atoms with Crippen LogP contribution in [0.15, 0.2) is 40.2 Å². The van der Waals surface area contributed by atoms with Crippen molar-refractivity contribution in [3.8, 4) is 0 Å². The molecule has 1 aromatic carbocycles. The third-order valence-corrected chi connectivity index (χ3v) is 6.41. The van der Waals surface area contributed by atoms with Gasteiger partial charge in [-0.3, -0.25) is 9.36 Å². The number of hydrogen-bond donors (Lipinski definition) is 0. The van der Waals surface area contributed by atoms with Gasteiger partial charge in [0, 0.05) is 36.8 Å². The Hall–Kier alpha value is -3.27. The molecular weight excluding hydrogens is 425 g/mol. The molecule has 158 valence electrons. The van der Waals surface area contributed by atoms with Gasteiger partial charge in [0.15, 0.2) is 17.0 Å². The van der Waals surface area contributed by atoms with Crippen molar-refractivity contribution in [2.24, 2.45) is 18.9 Å². The zero-order chi connectivity index (χ0) is 21.3. The highest BCUT2D eigenvalue weighted by Crippen LogP contribution is 2.58. The highest BCUT2D eigenvalue weighted by Gasteiger charge is 2.58. The number of benzene rings is 1. The van der Waals surface area contributed by atoms with E-state index in [1.807, 2.05) is 0 Å². The molecule has 1 saturated carbocycles. The van der Waals surface area contributed by atoms with Crippen molar-refractivity contribution in [1.29, 1.82) is 0 Å². The fourth-order valence-corrected chi connectivity index (χ4v) is 4.86. The second kappa shape index (κ2) is 6.61. The van der Waals surface area contributed by atoms with E-state index >= 15 is 0 Å². The number of anilines is 1. The molecule has 9 nitrogen and oxygen atoms in total. The van der Waals surface area contributed by atoms with Gasteiger partial charge >= 0.3 is 0 Å². The second-order valence-corrected chi connectivity index (χ2v) is 8.57. The SMILES string of the molecule is Cn1cnc2ncn(Cc3nc(C4[C@H]5CN(c6cc(F)cc(Cl)c6)C[C@@H]45)no3)c(=O)c21. The molecule has 4 heterocycles. The molecule has 0 amide bonds. The first-order chi connectivity index (χ1) is 15.0.